The summed E-state index contributed by atoms with van der Waals surface area (Å²) in [6.45, 7) is 4.33. The van der Waals surface area contributed by atoms with Crippen LogP contribution < -0.4 is 5.43 Å². The van der Waals surface area contributed by atoms with Crippen LogP contribution in [0.3, 0.4) is 0 Å². The Kier molecular flexibility index (Phi) is 9.18. The van der Waals surface area contributed by atoms with Crippen LogP contribution in [0.1, 0.15) is 70.8 Å². The third-order valence-corrected chi connectivity index (χ3v) is 3.45. The molecule has 0 aliphatic carbocycles. The van der Waals surface area contributed by atoms with Gasteiger partial charge in [-0.2, -0.15) is 5.10 Å². The largest absolute Gasteiger partial charge is 0.273 e. The molecule has 1 aromatic carbocycles. The average Bonchev–Trinajstić information content (AvgIpc) is 2.52. The summed E-state index contributed by atoms with van der Waals surface area (Å²) < 4.78 is 0. The first kappa shape index (κ1) is 17.4. The second-order valence-corrected chi connectivity index (χ2v) is 5.37. The summed E-state index contributed by atoms with van der Waals surface area (Å²) in [5.41, 5.74) is 4.78. The van der Waals surface area contributed by atoms with E-state index in [-0.39, 0.29) is 5.91 Å². The second kappa shape index (κ2) is 11.1. The van der Waals surface area contributed by atoms with Gasteiger partial charge >= 0.3 is 0 Å². The number of benzene rings is 1. The van der Waals surface area contributed by atoms with Gasteiger partial charge in [0, 0.05) is 6.42 Å². The molecule has 0 saturated heterocycles. The van der Waals surface area contributed by atoms with Gasteiger partial charge in [0.2, 0.25) is 5.91 Å². The molecule has 0 aliphatic heterocycles. The highest BCUT2D eigenvalue weighted by Crippen LogP contribution is 2.08. The van der Waals surface area contributed by atoms with Crippen molar-refractivity contribution in [1.29, 1.82) is 0 Å². The first-order valence-corrected chi connectivity index (χ1v) is 8.18. The minimum absolute atomic E-state index is 0.0241. The zero-order valence-electron chi connectivity index (χ0n) is 13.4. The molecule has 1 amide bonds. The molecule has 0 unspecified atom stereocenters. The Morgan fingerprint density at radius 3 is 2.33 bits per heavy atom. The molecule has 0 aliphatic rings. The van der Waals surface area contributed by atoms with Gasteiger partial charge in [0.05, 0.1) is 5.71 Å². The number of rotatable bonds is 10. The number of hydrazone groups is 1. The standard InChI is InChI=1S/C18H28N2O/c1-3-5-7-11-15-18(21)20-19-17(14-6-4-2)16-12-9-8-10-13-16/h8-10,12-13H,3-7,11,14-15H2,1-2H3,(H,20,21)/b19-17+. The Morgan fingerprint density at radius 2 is 1.67 bits per heavy atom. The van der Waals surface area contributed by atoms with Crippen molar-refractivity contribution in [3.8, 4) is 0 Å². The number of nitrogens with zero attached hydrogens (tertiary/aromatic N) is 1. The molecule has 1 aromatic rings. The van der Waals surface area contributed by atoms with Gasteiger partial charge < -0.3 is 0 Å². The first-order valence-electron chi connectivity index (χ1n) is 8.18. The van der Waals surface area contributed by atoms with Crippen molar-refractivity contribution in [2.75, 3.05) is 0 Å². The number of amides is 1. The van der Waals surface area contributed by atoms with Crippen LogP contribution >= 0.6 is 0 Å². The molecule has 0 saturated carbocycles. The van der Waals surface area contributed by atoms with E-state index in [0.717, 1.165) is 43.4 Å². The highest BCUT2D eigenvalue weighted by molar-refractivity contribution is 6.01. The molecule has 0 fully saturated rings. The van der Waals surface area contributed by atoms with E-state index in [9.17, 15) is 4.79 Å². The summed E-state index contributed by atoms with van der Waals surface area (Å²) in [4.78, 5) is 11.8. The molecule has 3 heteroatoms. The molecule has 116 valence electrons. The van der Waals surface area contributed by atoms with Gasteiger partial charge in [0.15, 0.2) is 0 Å². The van der Waals surface area contributed by atoms with Gasteiger partial charge in [-0.1, -0.05) is 69.9 Å². The molecule has 1 rings (SSSR count). The molecule has 0 bridgehead atoms. The number of carbonyl (C=O) groups excluding carboxylic acids is 1. The quantitative estimate of drug-likeness (QED) is 0.379. The summed E-state index contributed by atoms with van der Waals surface area (Å²) in [6, 6.07) is 10.1. The highest BCUT2D eigenvalue weighted by atomic mass is 16.2. The number of hydrogen-bond donors (Lipinski definition) is 1. The maximum atomic E-state index is 11.8. The molecule has 21 heavy (non-hydrogen) atoms. The molecule has 0 atom stereocenters. The van der Waals surface area contributed by atoms with E-state index >= 15 is 0 Å². The topological polar surface area (TPSA) is 41.5 Å². The van der Waals surface area contributed by atoms with Crippen LogP contribution in [0, 0.1) is 0 Å². The molecule has 1 N–H and O–H groups in total. The van der Waals surface area contributed by atoms with Crippen molar-refractivity contribution in [1.82, 2.24) is 5.43 Å². The van der Waals surface area contributed by atoms with Crippen molar-refractivity contribution in [3.05, 3.63) is 35.9 Å². The van der Waals surface area contributed by atoms with Gasteiger partial charge in [0.1, 0.15) is 0 Å². The van der Waals surface area contributed by atoms with Crippen molar-refractivity contribution in [2.45, 2.75) is 65.2 Å². The van der Waals surface area contributed by atoms with Crippen LogP contribution in [-0.2, 0) is 4.79 Å². The fourth-order valence-corrected chi connectivity index (χ4v) is 2.14. The number of nitrogens with one attached hydrogen (secondary N) is 1. The summed E-state index contributed by atoms with van der Waals surface area (Å²) in [7, 11) is 0. The number of unbranched alkanes of at least 4 members (excludes halogenated alkanes) is 4. The van der Waals surface area contributed by atoms with E-state index in [0.29, 0.717) is 6.42 Å². The summed E-state index contributed by atoms with van der Waals surface area (Å²) >= 11 is 0. The second-order valence-electron chi connectivity index (χ2n) is 5.37. The third kappa shape index (κ3) is 7.64. The average molecular weight is 288 g/mol. The molecule has 0 aromatic heterocycles. The van der Waals surface area contributed by atoms with Gasteiger partial charge in [0.25, 0.3) is 0 Å². The Bertz CT molecular complexity index is 426. The van der Waals surface area contributed by atoms with Crippen molar-refractivity contribution in [2.24, 2.45) is 5.10 Å². The number of hydrogen-bond acceptors (Lipinski definition) is 2. The lowest BCUT2D eigenvalue weighted by atomic mass is 10.1. The summed E-state index contributed by atoms with van der Waals surface area (Å²) in [6.07, 6.45) is 8.13. The van der Waals surface area contributed by atoms with E-state index in [2.05, 4.69) is 24.4 Å². The molecule has 0 spiro atoms. The van der Waals surface area contributed by atoms with Gasteiger partial charge in [-0.15, -0.1) is 0 Å². The minimum Gasteiger partial charge on any atom is -0.273 e. The van der Waals surface area contributed by atoms with Gasteiger partial charge in [-0.05, 0) is 24.8 Å². The van der Waals surface area contributed by atoms with Crippen LogP contribution in [-0.4, -0.2) is 11.6 Å². The Balaban J connectivity index is 2.52. The van der Waals surface area contributed by atoms with E-state index in [4.69, 9.17) is 0 Å². The van der Waals surface area contributed by atoms with Crippen molar-refractivity contribution >= 4 is 11.6 Å². The summed E-state index contributed by atoms with van der Waals surface area (Å²) in [5.74, 6) is 0.0241. The van der Waals surface area contributed by atoms with E-state index in [1.165, 1.54) is 12.8 Å². The third-order valence-electron chi connectivity index (χ3n) is 3.45. The minimum atomic E-state index is 0.0241. The predicted molar refractivity (Wildman–Crippen MR) is 89.4 cm³/mol. The molecule has 0 heterocycles. The number of carbonyl (C=O) groups is 1. The Hall–Kier alpha value is -1.64. The van der Waals surface area contributed by atoms with Crippen molar-refractivity contribution in [3.63, 3.8) is 0 Å². The van der Waals surface area contributed by atoms with Crippen LogP contribution in [0.15, 0.2) is 35.4 Å². The highest BCUT2D eigenvalue weighted by Gasteiger charge is 2.05. The van der Waals surface area contributed by atoms with Crippen molar-refractivity contribution < 1.29 is 4.79 Å². The van der Waals surface area contributed by atoms with Gasteiger partial charge in [-0.25, -0.2) is 5.43 Å². The Labute approximate surface area is 128 Å². The zero-order chi connectivity index (χ0) is 15.3. The van der Waals surface area contributed by atoms with Crippen LogP contribution in [0.25, 0.3) is 0 Å². The van der Waals surface area contributed by atoms with Gasteiger partial charge in [-0.3, -0.25) is 4.79 Å². The molecule has 3 nitrogen and oxygen atoms in total. The Morgan fingerprint density at radius 1 is 0.952 bits per heavy atom. The molecule has 0 radical (unpaired) electrons. The molecular formula is C18H28N2O. The normalized spacial score (nSPS) is 11.4. The lowest BCUT2D eigenvalue weighted by Gasteiger charge is -2.07. The predicted octanol–water partition coefficient (Wildman–Crippen LogP) is 4.67. The van der Waals surface area contributed by atoms with E-state index in [1.54, 1.807) is 0 Å². The van der Waals surface area contributed by atoms with Crippen LogP contribution in [0.4, 0.5) is 0 Å². The fourth-order valence-electron chi connectivity index (χ4n) is 2.14. The zero-order valence-corrected chi connectivity index (χ0v) is 13.4. The van der Waals surface area contributed by atoms with E-state index < -0.39 is 0 Å². The SMILES string of the molecule is CCCCCCC(=O)N/N=C(\CCCC)c1ccccc1. The lowest BCUT2D eigenvalue weighted by Crippen LogP contribution is -2.19. The smallest absolute Gasteiger partial charge is 0.240 e. The van der Waals surface area contributed by atoms with E-state index in [1.807, 2.05) is 30.3 Å². The van der Waals surface area contributed by atoms with Crippen LogP contribution in [0.2, 0.25) is 0 Å². The maximum Gasteiger partial charge on any atom is 0.240 e. The fraction of sp³-hybridized carbons (Fsp3) is 0.556. The monoisotopic (exact) mass is 288 g/mol. The maximum absolute atomic E-state index is 11.8. The summed E-state index contributed by atoms with van der Waals surface area (Å²) in [5, 5.41) is 4.35. The first-order chi connectivity index (χ1) is 10.3. The lowest BCUT2D eigenvalue weighted by molar-refractivity contribution is -0.121. The molecular weight excluding hydrogens is 260 g/mol. The van der Waals surface area contributed by atoms with Crippen LogP contribution in [0.5, 0.6) is 0 Å².